The molecule has 0 aromatic heterocycles. The van der Waals surface area contributed by atoms with Crippen LogP contribution in [0.25, 0.3) is 0 Å². The number of esters is 4. The Morgan fingerprint density at radius 1 is 0.286 bits per heavy atom. The van der Waals surface area contributed by atoms with E-state index in [4.69, 9.17) is 37.0 Å². The molecule has 0 fully saturated rings. The van der Waals surface area contributed by atoms with Crippen LogP contribution in [0.3, 0.4) is 0 Å². The Hall–Kier alpha value is -1.94. The number of hydrogen-bond donors (Lipinski definition) is 3. The molecule has 0 aromatic rings. The van der Waals surface area contributed by atoms with Gasteiger partial charge in [0.1, 0.15) is 19.3 Å². The van der Waals surface area contributed by atoms with Gasteiger partial charge in [0.05, 0.1) is 26.4 Å². The van der Waals surface area contributed by atoms with Crippen molar-refractivity contribution < 1.29 is 80.2 Å². The summed E-state index contributed by atoms with van der Waals surface area (Å²) in [6.45, 7) is 7.24. The predicted molar refractivity (Wildman–Crippen MR) is 400 cm³/mol. The molecule has 0 aromatic carbocycles. The number of carbonyl (C=O) groups excluding carboxylic acids is 4. The summed E-state index contributed by atoms with van der Waals surface area (Å²) in [6.07, 6.45) is 62.7. The van der Waals surface area contributed by atoms with E-state index in [2.05, 4.69) is 34.6 Å². The van der Waals surface area contributed by atoms with E-state index in [-0.39, 0.29) is 25.7 Å². The second-order valence-electron chi connectivity index (χ2n) is 28.7. The van der Waals surface area contributed by atoms with Gasteiger partial charge in [-0.15, -0.1) is 0 Å². The van der Waals surface area contributed by atoms with Crippen molar-refractivity contribution in [2.45, 2.75) is 438 Å². The molecule has 0 amide bonds. The lowest BCUT2D eigenvalue weighted by Crippen LogP contribution is -2.30. The number of aliphatic hydroxyl groups is 1. The molecule has 98 heavy (non-hydrogen) atoms. The fraction of sp³-hybridized carbons (Fsp3) is 0.949. The molecular formula is C79H154O17P2. The van der Waals surface area contributed by atoms with Crippen LogP contribution in [0.5, 0.6) is 0 Å². The van der Waals surface area contributed by atoms with Crippen molar-refractivity contribution in [2.24, 2.45) is 5.92 Å². The molecule has 3 N–H and O–H groups in total. The number of hydrogen-bond acceptors (Lipinski definition) is 15. The van der Waals surface area contributed by atoms with Crippen LogP contribution in [0.1, 0.15) is 420 Å². The predicted octanol–water partition coefficient (Wildman–Crippen LogP) is 23.6. The molecular weight excluding hydrogens is 1280 g/mol. The Bertz CT molecular complexity index is 1880. The van der Waals surface area contributed by atoms with Crippen molar-refractivity contribution in [3.63, 3.8) is 0 Å². The first-order valence-electron chi connectivity index (χ1n) is 41.2. The van der Waals surface area contributed by atoms with Gasteiger partial charge in [-0.3, -0.25) is 37.3 Å². The van der Waals surface area contributed by atoms with Crippen LogP contribution in [0.15, 0.2) is 0 Å². The van der Waals surface area contributed by atoms with Gasteiger partial charge in [-0.2, -0.15) is 0 Å². The molecule has 0 spiro atoms. The van der Waals surface area contributed by atoms with Gasteiger partial charge in [0, 0.05) is 25.7 Å². The minimum absolute atomic E-state index is 0.103. The summed E-state index contributed by atoms with van der Waals surface area (Å²) in [5.41, 5.74) is 0. The first-order valence-corrected chi connectivity index (χ1v) is 44.2. The highest BCUT2D eigenvalue weighted by Crippen LogP contribution is 2.45. The molecule has 0 saturated heterocycles. The summed E-state index contributed by atoms with van der Waals surface area (Å²) in [6, 6.07) is 0. The maximum atomic E-state index is 13.1. The molecule has 0 bridgehead atoms. The Morgan fingerprint density at radius 2 is 0.490 bits per heavy atom. The monoisotopic (exact) mass is 1440 g/mol. The summed E-state index contributed by atoms with van der Waals surface area (Å²) < 4.78 is 68.5. The van der Waals surface area contributed by atoms with Gasteiger partial charge in [0.2, 0.25) is 0 Å². The molecule has 0 aliphatic heterocycles. The third kappa shape index (κ3) is 71.1. The maximum absolute atomic E-state index is 13.1. The van der Waals surface area contributed by atoms with Crippen LogP contribution in [0, 0.1) is 5.92 Å². The standard InChI is InChI=1S/C79H154O17P2/c1-6-10-13-16-19-22-24-26-28-30-31-32-33-34-36-38-40-42-45-48-54-59-64-78(83)95-74(68-90-77(82)63-58-53-47-44-41-39-37-35-29-27-25-23-20-17-14-11-7-2)70-93-97(85,86)91-66-73(80)67-92-98(87,88)94-71-75(69-89-76(81)62-57-52-46-43-21-18-15-12-8-3)96-79(84)65-60-55-50-49-51-56-61-72(5)9-4/h72-75,80H,6-71H2,1-5H3,(H,85,86)(H,87,88)/t72?,73-,74-,75-/m1/s1. The zero-order chi connectivity index (χ0) is 71.9. The summed E-state index contributed by atoms with van der Waals surface area (Å²) in [4.78, 5) is 72.8. The van der Waals surface area contributed by atoms with Gasteiger partial charge < -0.3 is 33.8 Å². The largest absolute Gasteiger partial charge is 0.472 e. The van der Waals surface area contributed by atoms with E-state index in [0.29, 0.717) is 25.7 Å². The fourth-order valence-electron chi connectivity index (χ4n) is 12.2. The average molecular weight is 1440 g/mol. The quantitative estimate of drug-likeness (QED) is 0.0222. The zero-order valence-electron chi connectivity index (χ0n) is 63.9. The second-order valence-corrected chi connectivity index (χ2v) is 31.6. The minimum atomic E-state index is -4.96. The summed E-state index contributed by atoms with van der Waals surface area (Å²) in [7, 11) is -9.91. The number of phosphoric acid groups is 2. The molecule has 0 radical (unpaired) electrons. The van der Waals surface area contributed by atoms with E-state index in [1.165, 1.54) is 244 Å². The number of ether oxygens (including phenoxy) is 4. The molecule has 19 heteroatoms. The highest BCUT2D eigenvalue weighted by Gasteiger charge is 2.30. The van der Waals surface area contributed by atoms with Crippen molar-refractivity contribution >= 4 is 39.5 Å². The highest BCUT2D eigenvalue weighted by molar-refractivity contribution is 7.47. The third-order valence-electron chi connectivity index (χ3n) is 18.9. The van der Waals surface area contributed by atoms with Crippen molar-refractivity contribution in [3.8, 4) is 0 Å². The lowest BCUT2D eigenvalue weighted by Gasteiger charge is -2.21. The lowest BCUT2D eigenvalue weighted by atomic mass is 10.00. The number of phosphoric ester groups is 2. The van der Waals surface area contributed by atoms with Crippen molar-refractivity contribution in [3.05, 3.63) is 0 Å². The first kappa shape index (κ1) is 96.1. The zero-order valence-corrected chi connectivity index (χ0v) is 65.7. The molecule has 0 rings (SSSR count). The van der Waals surface area contributed by atoms with Gasteiger partial charge in [-0.25, -0.2) is 9.13 Å². The number of rotatable bonds is 79. The molecule has 3 unspecified atom stereocenters. The molecule has 6 atom stereocenters. The SMILES string of the molecule is CCCCCCCCCCCCCCCCCCCCCCCCC(=O)O[C@H](COC(=O)CCCCCCCCCCCCCCCCCCC)COP(=O)(O)OC[C@@H](O)COP(=O)(O)OC[C@@H](COC(=O)CCCCCCCCCCC)OC(=O)CCCCCCCCC(C)CC. The van der Waals surface area contributed by atoms with Crippen molar-refractivity contribution in [2.75, 3.05) is 39.6 Å². The second kappa shape index (κ2) is 72.0. The summed E-state index contributed by atoms with van der Waals surface area (Å²) in [5, 5.41) is 10.6. The molecule has 0 saturated carbocycles. The Labute approximate surface area is 600 Å². The summed E-state index contributed by atoms with van der Waals surface area (Å²) in [5.74, 6) is -1.40. The lowest BCUT2D eigenvalue weighted by molar-refractivity contribution is -0.161. The average Bonchev–Trinajstić information content (AvgIpc) is 1.12. The Kier molecular flexibility index (Phi) is 70.6. The number of unbranched alkanes of at least 4 members (excludes halogenated alkanes) is 50. The summed E-state index contributed by atoms with van der Waals surface area (Å²) >= 11 is 0. The highest BCUT2D eigenvalue weighted by atomic mass is 31.2. The number of aliphatic hydroxyl groups excluding tert-OH is 1. The van der Waals surface area contributed by atoms with E-state index in [1.807, 2.05) is 0 Å². The van der Waals surface area contributed by atoms with Gasteiger partial charge in [0.25, 0.3) is 0 Å². The van der Waals surface area contributed by atoms with E-state index >= 15 is 0 Å². The molecule has 0 aliphatic carbocycles. The topological polar surface area (TPSA) is 237 Å². The van der Waals surface area contributed by atoms with Crippen LogP contribution >= 0.6 is 15.6 Å². The fourth-order valence-corrected chi connectivity index (χ4v) is 13.8. The van der Waals surface area contributed by atoms with Crippen LogP contribution < -0.4 is 0 Å². The van der Waals surface area contributed by atoms with Crippen molar-refractivity contribution in [1.29, 1.82) is 0 Å². The Morgan fingerprint density at radius 3 is 0.724 bits per heavy atom. The van der Waals surface area contributed by atoms with Crippen LogP contribution in [-0.4, -0.2) is 96.7 Å². The van der Waals surface area contributed by atoms with E-state index < -0.39 is 97.5 Å². The van der Waals surface area contributed by atoms with Crippen LogP contribution in [0.4, 0.5) is 0 Å². The Balaban J connectivity index is 5.17. The minimum Gasteiger partial charge on any atom is -0.462 e. The molecule has 0 aliphatic rings. The van der Waals surface area contributed by atoms with Crippen LogP contribution in [0.2, 0.25) is 0 Å². The normalized spacial score (nSPS) is 14.2. The van der Waals surface area contributed by atoms with Gasteiger partial charge in [0.15, 0.2) is 12.2 Å². The van der Waals surface area contributed by atoms with Gasteiger partial charge in [-0.05, 0) is 31.6 Å². The molecule has 17 nitrogen and oxygen atoms in total. The smallest absolute Gasteiger partial charge is 0.462 e. The maximum Gasteiger partial charge on any atom is 0.472 e. The van der Waals surface area contributed by atoms with Gasteiger partial charge >= 0.3 is 39.5 Å². The van der Waals surface area contributed by atoms with E-state index in [0.717, 1.165) is 95.8 Å². The first-order chi connectivity index (χ1) is 47.6. The number of carbonyl (C=O) groups is 4. The van der Waals surface area contributed by atoms with Gasteiger partial charge in [-0.1, -0.05) is 369 Å². The molecule has 582 valence electrons. The van der Waals surface area contributed by atoms with E-state index in [9.17, 15) is 43.2 Å². The molecule has 0 heterocycles. The third-order valence-corrected chi connectivity index (χ3v) is 20.8. The van der Waals surface area contributed by atoms with Crippen molar-refractivity contribution in [1.82, 2.24) is 0 Å². The van der Waals surface area contributed by atoms with Crippen LogP contribution in [-0.2, 0) is 65.4 Å². The van der Waals surface area contributed by atoms with E-state index in [1.54, 1.807) is 0 Å².